The smallest absolute Gasteiger partial charge is 0.368 e. The molecule has 0 bridgehead atoms. The number of hydrogen-bond acceptors (Lipinski definition) is 4. The molecule has 2 amide bonds. The van der Waals surface area contributed by atoms with Crippen molar-refractivity contribution in [3.05, 3.63) is 58.2 Å². The number of nitrogens with zero attached hydrogens (tertiary/aromatic N) is 5. The summed E-state index contributed by atoms with van der Waals surface area (Å²) in [6, 6.07) is 8.35. The summed E-state index contributed by atoms with van der Waals surface area (Å²) in [7, 11) is 0. The highest BCUT2D eigenvalue weighted by atomic mass is 35.5. The Morgan fingerprint density at radius 3 is 2.50 bits per heavy atom. The van der Waals surface area contributed by atoms with E-state index in [4.69, 9.17) is 28.9 Å². The third-order valence-electron chi connectivity index (χ3n) is 6.32. The van der Waals surface area contributed by atoms with E-state index >= 15 is 0 Å². The average molecular weight is 543 g/mol. The standard InChI is InChI=1S/C24H27Cl2F3N6O/c25-19-5-4-6-20(22(19)26)33-13-11-32(12-14-33)8-2-1-3-9-34(23(30)36)21-16-18-15-17(24(27,28)29)7-10-35(18)31-21/h4-7,10,15-16H,1-3,8-9,11-14H2,(H2,30,36). The topological polar surface area (TPSA) is 70.1 Å². The van der Waals surface area contributed by atoms with Crippen LogP contribution in [0.1, 0.15) is 24.8 Å². The lowest BCUT2D eigenvalue weighted by Crippen LogP contribution is -2.46. The number of unbranched alkanes of at least 4 members (excludes halogenated alkanes) is 2. The summed E-state index contributed by atoms with van der Waals surface area (Å²) in [6.45, 7) is 4.82. The van der Waals surface area contributed by atoms with Gasteiger partial charge >= 0.3 is 12.2 Å². The maximum absolute atomic E-state index is 13.0. The van der Waals surface area contributed by atoms with Crippen LogP contribution in [-0.2, 0) is 6.18 Å². The molecular weight excluding hydrogens is 516 g/mol. The van der Waals surface area contributed by atoms with Gasteiger partial charge in [0.2, 0.25) is 0 Å². The van der Waals surface area contributed by atoms with Crippen LogP contribution in [0.3, 0.4) is 0 Å². The fourth-order valence-electron chi connectivity index (χ4n) is 4.36. The molecule has 0 unspecified atom stereocenters. The van der Waals surface area contributed by atoms with Gasteiger partial charge in [-0.25, -0.2) is 9.31 Å². The number of hydrogen-bond donors (Lipinski definition) is 1. The number of piperazine rings is 1. The van der Waals surface area contributed by atoms with Crippen molar-refractivity contribution in [2.75, 3.05) is 49.1 Å². The highest BCUT2D eigenvalue weighted by Gasteiger charge is 2.31. The summed E-state index contributed by atoms with van der Waals surface area (Å²) in [5.41, 5.74) is 5.95. The Balaban J connectivity index is 1.24. The molecule has 1 aliphatic heterocycles. The first-order chi connectivity index (χ1) is 17.1. The van der Waals surface area contributed by atoms with Crippen molar-refractivity contribution >= 4 is 46.3 Å². The molecule has 0 saturated carbocycles. The van der Waals surface area contributed by atoms with Crippen molar-refractivity contribution in [2.24, 2.45) is 5.73 Å². The number of nitrogens with two attached hydrogens (primary N) is 1. The number of anilines is 2. The molecule has 2 N–H and O–H groups in total. The summed E-state index contributed by atoms with van der Waals surface area (Å²) >= 11 is 12.5. The van der Waals surface area contributed by atoms with Crippen LogP contribution in [-0.4, -0.2) is 59.8 Å². The second-order valence-electron chi connectivity index (χ2n) is 8.74. The number of carbonyl (C=O) groups excluding carboxylic acids is 1. The highest BCUT2D eigenvalue weighted by molar-refractivity contribution is 6.43. The first-order valence-corrected chi connectivity index (χ1v) is 12.4. The van der Waals surface area contributed by atoms with Gasteiger partial charge in [0.25, 0.3) is 0 Å². The van der Waals surface area contributed by atoms with Crippen LogP contribution in [0.15, 0.2) is 42.6 Å². The van der Waals surface area contributed by atoms with E-state index in [0.717, 1.165) is 63.4 Å². The fourth-order valence-corrected chi connectivity index (χ4v) is 4.77. The van der Waals surface area contributed by atoms with Gasteiger partial charge < -0.3 is 10.6 Å². The van der Waals surface area contributed by atoms with E-state index < -0.39 is 17.8 Å². The second-order valence-corrected chi connectivity index (χ2v) is 9.52. The number of primary amides is 1. The molecule has 1 saturated heterocycles. The van der Waals surface area contributed by atoms with Gasteiger partial charge in [-0.2, -0.15) is 13.2 Å². The maximum Gasteiger partial charge on any atom is 0.416 e. The first-order valence-electron chi connectivity index (χ1n) is 11.7. The molecule has 3 heterocycles. The Bertz CT molecular complexity index is 1210. The van der Waals surface area contributed by atoms with Gasteiger partial charge in [-0.3, -0.25) is 9.80 Å². The third-order valence-corrected chi connectivity index (χ3v) is 7.13. The number of amides is 2. The van der Waals surface area contributed by atoms with Crippen molar-refractivity contribution in [3.8, 4) is 0 Å². The predicted molar refractivity (Wildman–Crippen MR) is 136 cm³/mol. The number of carbonyl (C=O) groups is 1. The number of urea groups is 1. The van der Waals surface area contributed by atoms with E-state index in [-0.39, 0.29) is 11.3 Å². The maximum atomic E-state index is 13.0. The SMILES string of the molecule is NC(=O)N(CCCCCN1CCN(c2cccc(Cl)c2Cl)CC1)c1cc2cc(C(F)(F)F)ccn2n1. The van der Waals surface area contributed by atoms with Crippen LogP contribution in [0.5, 0.6) is 0 Å². The van der Waals surface area contributed by atoms with Crippen LogP contribution in [0, 0.1) is 0 Å². The number of fused-ring (bicyclic) bond motifs is 1. The molecule has 194 valence electrons. The van der Waals surface area contributed by atoms with Gasteiger partial charge in [-0.15, -0.1) is 5.10 Å². The molecule has 0 atom stereocenters. The second kappa shape index (κ2) is 11.1. The van der Waals surface area contributed by atoms with Gasteiger partial charge in [-0.1, -0.05) is 35.7 Å². The molecule has 7 nitrogen and oxygen atoms in total. The quantitative estimate of drug-likeness (QED) is 0.379. The average Bonchev–Trinajstić information content (AvgIpc) is 3.25. The molecule has 1 aromatic carbocycles. The van der Waals surface area contributed by atoms with Gasteiger partial charge in [-0.05, 0) is 43.7 Å². The minimum atomic E-state index is -4.45. The van der Waals surface area contributed by atoms with Crippen molar-refractivity contribution in [1.29, 1.82) is 0 Å². The van der Waals surface area contributed by atoms with Gasteiger partial charge in [0, 0.05) is 45.0 Å². The van der Waals surface area contributed by atoms with Crippen LogP contribution >= 0.6 is 23.2 Å². The number of pyridine rings is 1. The summed E-state index contributed by atoms with van der Waals surface area (Å²) in [6.07, 6.45) is -0.714. The Morgan fingerprint density at radius 2 is 1.81 bits per heavy atom. The van der Waals surface area contributed by atoms with Crippen molar-refractivity contribution < 1.29 is 18.0 Å². The van der Waals surface area contributed by atoms with E-state index in [1.54, 1.807) is 6.07 Å². The number of alkyl halides is 3. The molecule has 1 aliphatic rings. The lowest BCUT2D eigenvalue weighted by Gasteiger charge is -2.36. The normalized spacial score (nSPS) is 15.0. The Hall–Kier alpha value is -2.69. The molecule has 36 heavy (non-hydrogen) atoms. The minimum Gasteiger partial charge on any atom is -0.368 e. The molecule has 3 aromatic rings. The zero-order chi connectivity index (χ0) is 25.9. The summed E-state index contributed by atoms with van der Waals surface area (Å²) in [5.74, 6) is 0.234. The van der Waals surface area contributed by atoms with Crippen LogP contribution < -0.4 is 15.5 Å². The van der Waals surface area contributed by atoms with E-state index in [1.165, 1.54) is 21.7 Å². The van der Waals surface area contributed by atoms with E-state index in [1.807, 2.05) is 12.1 Å². The summed E-state index contributed by atoms with van der Waals surface area (Å²) < 4.78 is 40.2. The molecule has 0 spiro atoms. The monoisotopic (exact) mass is 542 g/mol. The van der Waals surface area contributed by atoms with Crippen molar-refractivity contribution in [3.63, 3.8) is 0 Å². The molecule has 0 aliphatic carbocycles. The fraction of sp³-hybridized carbons (Fsp3) is 0.417. The molecule has 4 rings (SSSR count). The Morgan fingerprint density at radius 1 is 1.06 bits per heavy atom. The summed E-state index contributed by atoms with van der Waals surface area (Å²) in [5, 5.41) is 5.35. The highest BCUT2D eigenvalue weighted by Crippen LogP contribution is 2.33. The minimum absolute atomic E-state index is 0.234. The predicted octanol–water partition coefficient (Wildman–Crippen LogP) is 5.54. The zero-order valence-corrected chi connectivity index (χ0v) is 21.0. The van der Waals surface area contributed by atoms with E-state index in [2.05, 4.69) is 14.9 Å². The van der Waals surface area contributed by atoms with Crippen LogP contribution in [0.4, 0.5) is 29.5 Å². The van der Waals surface area contributed by atoms with Crippen molar-refractivity contribution in [2.45, 2.75) is 25.4 Å². The number of aromatic nitrogens is 2. The Kier molecular flexibility index (Phi) is 8.17. The van der Waals surface area contributed by atoms with Gasteiger partial charge in [0.05, 0.1) is 26.8 Å². The van der Waals surface area contributed by atoms with Crippen molar-refractivity contribution in [1.82, 2.24) is 14.5 Å². The molecule has 1 fully saturated rings. The molecule has 0 radical (unpaired) electrons. The zero-order valence-electron chi connectivity index (χ0n) is 19.5. The first kappa shape index (κ1) is 26.4. The van der Waals surface area contributed by atoms with Gasteiger partial charge in [0.15, 0.2) is 5.82 Å². The molecule has 2 aromatic heterocycles. The lowest BCUT2D eigenvalue weighted by atomic mass is 10.2. The van der Waals surface area contributed by atoms with Crippen LogP contribution in [0.2, 0.25) is 10.0 Å². The largest absolute Gasteiger partial charge is 0.416 e. The van der Waals surface area contributed by atoms with Gasteiger partial charge in [0.1, 0.15) is 0 Å². The number of halogens is 5. The van der Waals surface area contributed by atoms with E-state index in [0.29, 0.717) is 23.0 Å². The lowest BCUT2D eigenvalue weighted by molar-refractivity contribution is -0.137. The number of rotatable bonds is 8. The van der Waals surface area contributed by atoms with Crippen LogP contribution in [0.25, 0.3) is 5.52 Å². The molecular formula is C24H27Cl2F3N6O. The molecule has 12 heteroatoms. The summed E-state index contributed by atoms with van der Waals surface area (Å²) in [4.78, 5) is 17.9. The van der Waals surface area contributed by atoms with E-state index in [9.17, 15) is 18.0 Å². The number of benzene rings is 1. The third kappa shape index (κ3) is 6.16. The Labute approximate surface area is 217 Å².